The van der Waals surface area contributed by atoms with Crippen molar-refractivity contribution in [2.75, 3.05) is 13.2 Å². The molecule has 19 heteroatoms. The van der Waals surface area contributed by atoms with Gasteiger partial charge in [-0.3, -0.25) is 0 Å². The molecule has 0 bridgehead atoms. The Morgan fingerprint density at radius 1 is 0.767 bits per heavy atom. The Morgan fingerprint density at radius 2 is 1.13 bits per heavy atom. The molecule has 0 spiro atoms. The molecule has 178 valence electrons. The van der Waals surface area contributed by atoms with Gasteiger partial charge in [0.2, 0.25) is 0 Å². The van der Waals surface area contributed by atoms with Crippen LogP contribution >= 0.6 is 7.66 Å². The van der Waals surface area contributed by atoms with Gasteiger partial charge >= 0.3 is 157 Å². The molecule has 2 heterocycles. The zero-order chi connectivity index (χ0) is 23.8. The third kappa shape index (κ3) is 2.63. The van der Waals surface area contributed by atoms with Gasteiger partial charge in [-0.05, 0) is 0 Å². The van der Waals surface area contributed by atoms with E-state index in [2.05, 4.69) is 18.1 Å². The van der Waals surface area contributed by atoms with Gasteiger partial charge in [0, 0.05) is 0 Å². The molecule has 6 nitrogen and oxygen atoms in total. The average Bonchev–Trinajstić information content (AvgIpc) is 2.62. The standard InChI is InChI=1S/C11H10F12NO5P/c1-3-26-30(27-4-2)24(7(29-30,10(18,19)20)11(21,22)23)5(25)6(28-30,8(12,13)14)9(15,16)17/h3-4H2,1-2H3. The van der Waals surface area contributed by atoms with Crippen LogP contribution in [0.3, 0.4) is 0 Å². The summed E-state index contributed by atoms with van der Waals surface area (Å²) >= 11 is 0. The second-order valence-corrected chi connectivity index (χ2v) is 8.55. The van der Waals surface area contributed by atoms with E-state index in [0.717, 1.165) is 13.8 Å². The summed E-state index contributed by atoms with van der Waals surface area (Å²) in [4.78, 5) is 12.2. The quantitative estimate of drug-likeness (QED) is 0.416. The molecule has 0 aromatic rings. The molecule has 30 heavy (non-hydrogen) atoms. The van der Waals surface area contributed by atoms with Crippen molar-refractivity contribution in [1.82, 2.24) is 4.67 Å². The van der Waals surface area contributed by atoms with Crippen LogP contribution in [-0.2, 0) is 22.9 Å². The zero-order valence-electron chi connectivity index (χ0n) is 14.4. The molecule has 0 aromatic carbocycles. The van der Waals surface area contributed by atoms with Crippen molar-refractivity contribution in [3.05, 3.63) is 0 Å². The van der Waals surface area contributed by atoms with Crippen molar-refractivity contribution in [3.8, 4) is 0 Å². The second kappa shape index (κ2) is 6.24. The summed E-state index contributed by atoms with van der Waals surface area (Å²) < 4.78 is 175. The predicted octanol–water partition coefficient (Wildman–Crippen LogP) is 4.76. The van der Waals surface area contributed by atoms with Crippen LogP contribution in [0, 0.1) is 0 Å². The van der Waals surface area contributed by atoms with Crippen molar-refractivity contribution >= 4 is 13.6 Å². The van der Waals surface area contributed by atoms with Crippen LogP contribution in [0.4, 0.5) is 52.7 Å². The Balaban J connectivity index is 2.99. The van der Waals surface area contributed by atoms with Crippen LogP contribution in [0.25, 0.3) is 0 Å². The molecular weight excluding hydrogens is 485 g/mol. The number of nitrogens with zero attached hydrogens (tertiary/aromatic N) is 1. The fourth-order valence-electron chi connectivity index (χ4n) is 2.97. The van der Waals surface area contributed by atoms with Gasteiger partial charge in [0.25, 0.3) is 0 Å². The van der Waals surface area contributed by atoms with Gasteiger partial charge in [0.05, 0.1) is 0 Å². The van der Waals surface area contributed by atoms with Crippen LogP contribution in [0.5, 0.6) is 0 Å². The first-order valence-corrected chi connectivity index (χ1v) is 9.36. The Bertz CT molecular complexity index is 694. The molecule has 2 rings (SSSR count). The summed E-state index contributed by atoms with van der Waals surface area (Å²) in [6.07, 6.45) is -27.3. The Kier molecular flexibility index (Phi) is 5.23. The van der Waals surface area contributed by atoms with Gasteiger partial charge in [-0.1, -0.05) is 0 Å². The number of fused-ring (bicyclic) bond motifs is 1. The second-order valence-electron chi connectivity index (χ2n) is 5.73. The number of halogens is 12. The maximum atomic E-state index is 13.4. The van der Waals surface area contributed by atoms with Gasteiger partial charge < -0.3 is 0 Å². The van der Waals surface area contributed by atoms with E-state index in [-0.39, 0.29) is 0 Å². The van der Waals surface area contributed by atoms with Crippen molar-refractivity contribution in [2.45, 2.75) is 49.9 Å². The number of carbonyl (C=O) groups excluding carboxylic acids is 1. The summed E-state index contributed by atoms with van der Waals surface area (Å²) in [5.41, 5.74) is -12.1. The van der Waals surface area contributed by atoms with E-state index in [4.69, 9.17) is 0 Å². The summed E-state index contributed by atoms with van der Waals surface area (Å²) in [6.45, 7) is -0.783. The van der Waals surface area contributed by atoms with Gasteiger partial charge in [-0.25, -0.2) is 0 Å². The number of carbonyl (C=O) groups is 1. The molecule has 0 atom stereocenters. The molecule has 0 radical (unpaired) electrons. The van der Waals surface area contributed by atoms with E-state index in [1.807, 2.05) is 0 Å². The third-order valence-corrected chi connectivity index (χ3v) is 7.59. The minimum atomic E-state index is -7.24. The van der Waals surface area contributed by atoms with Crippen LogP contribution in [0.15, 0.2) is 0 Å². The van der Waals surface area contributed by atoms with Gasteiger partial charge in [-0.15, -0.1) is 0 Å². The summed E-state index contributed by atoms with van der Waals surface area (Å²) in [5, 5.41) is 0. The van der Waals surface area contributed by atoms with Crippen molar-refractivity contribution in [2.24, 2.45) is 0 Å². The van der Waals surface area contributed by atoms with Crippen molar-refractivity contribution in [3.63, 3.8) is 0 Å². The number of alkyl halides is 12. The monoisotopic (exact) mass is 495 g/mol. The van der Waals surface area contributed by atoms with E-state index >= 15 is 0 Å². The van der Waals surface area contributed by atoms with Gasteiger partial charge in [0.15, 0.2) is 0 Å². The molecule has 2 aliphatic heterocycles. The maximum absolute atomic E-state index is 13.4. The molecule has 0 aliphatic carbocycles. The third-order valence-electron chi connectivity index (χ3n) is 3.95. The number of amides is 1. The van der Waals surface area contributed by atoms with Crippen LogP contribution < -0.4 is 0 Å². The van der Waals surface area contributed by atoms with Crippen molar-refractivity contribution in [1.29, 1.82) is 0 Å². The molecule has 0 N–H and O–H groups in total. The molecule has 2 fully saturated rings. The Morgan fingerprint density at radius 3 is 1.40 bits per heavy atom. The van der Waals surface area contributed by atoms with E-state index < -0.39 is 67.5 Å². The first-order valence-electron chi connectivity index (χ1n) is 7.50. The molecule has 2 saturated heterocycles. The normalized spacial score (nSPS) is 26.5. The van der Waals surface area contributed by atoms with E-state index in [1.165, 1.54) is 0 Å². The molecule has 0 unspecified atom stereocenters. The first kappa shape index (κ1) is 25.2. The summed E-state index contributed by atoms with van der Waals surface area (Å²) in [7, 11) is -7.24. The summed E-state index contributed by atoms with van der Waals surface area (Å²) in [6, 6.07) is 0. The molecule has 2 aliphatic rings. The SMILES string of the molecule is CCOP12(OCC)OC(C(F)(F)F)(C(F)(F)F)C(=O)N1C(C(F)(F)F)(C(F)(F)F)O2. The molecule has 0 aromatic heterocycles. The molecule has 0 saturated carbocycles. The van der Waals surface area contributed by atoms with Gasteiger partial charge in [-0.2, -0.15) is 0 Å². The van der Waals surface area contributed by atoms with Crippen molar-refractivity contribution < 1.29 is 75.6 Å². The Labute approximate surface area is 158 Å². The van der Waals surface area contributed by atoms with Gasteiger partial charge in [0.1, 0.15) is 0 Å². The number of hydrogen-bond donors (Lipinski definition) is 0. The van der Waals surface area contributed by atoms with E-state index in [1.54, 1.807) is 0 Å². The molecule has 1 amide bonds. The fraction of sp³-hybridized carbons (Fsp3) is 0.909. The number of rotatable bonds is 4. The average molecular weight is 495 g/mol. The molecular formula is C11H10F12NO5P. The predicted molar refractivity (Wildman–Crippen MR) is 68.9 cm³/mol. The minimum absolute atomic E-state index is 0.762. The van der Waals surface area contributed by atoms with Crippen LogP contribution in [0.1, 0.15) is 13.8 Å². The van der Waals surface area contributed by atoms with Crippen LogP contribution in [-0.4, -0.2) is 59.8 Å². The zero-order valence-corrected chi connectivity index (χ0v) is 15.3. The Hall–Kier alpha value is -1.10. The summed E-state index contributed by atoms with van der Waals surface area (Å²) in [5.74, 6) is -3.79. The topological polar surface area (TPSA) is 57.2 Å². The van der Waals surface area contributed by atoms with E-state index in [9.17, 15) is 57.5 Å². The number of hydrogen-bond acceptors (Lipinski definition) is 5. The van der Waals surface area contributed by atoms with Crippen LogP contribution in [0.2, 0.25) is 0 Å². The fourth-order valence-corrected chi connectivity index (χ4v) is 7.07. The first-order chi connectivity index (χ1) is 13.1. The van der Waals surface area contributed by atoms with E-state index in [0.29, 0.717) is 0 Å².